The van der Waals surface area contributed by atoms with Crippen molar-refractivity contribution in [1.29, 1.82) is 0 Å². The van der Waals surface area contributed by atoms with E-state index in [4.69, 9.17) is 21.1 Å². The van der Waals surface area contributed by atoms with Gasteiger partial charge in [-0.1, -0.05) is 23.7 Å². The molecule has 6 nitrogen and oxygen atoms in total. The number of methoxy groups -OCH3 is 1. The van der Waals surface area contributed by atoms with Gasteiger partial charge in [0.2, 0.25) is 0 Å². The summed E-state index contributed by atoms with van der Waals surface area (Å²) in [6, 6.07) is 19.4. The number of benzene rings is 3. The van der Waals surface area contributed by atoms with E-state index in [-0.39, 0.29) is 5.91 Å². The molecule has 166 valence electrons. The Morgan fingerprint density at radius 2 is 1.79 bits per heavy atom. The molecule has 0 aliphatic carbocycles. The first kappa shape index (κ1) is 23.2. The van der Waals surface area contributed by atoms with Crippen LogP contribution in [0.5, 0.6) is 11.5 Å². The molecule has 0 saturated carbocycles. The largest absolute Gasteiger partial charge is 0.497 e. The molecule has 0 atom stereocenters. The van der Waals surface area contributed by atoms with E-state index in [2.05, 4.69) is 33.1 Å². The number of hydrogen-bond donors (Lipinski definition) is 1. The molecule has 0 aliphatic heterocycles. The lowest BCUT2D eigenvalue weighted by atomic mass is 10.2. The first-order valence-corrected chi connectivity index (χ1v) is 11.9. The Labute approximate surface area is 212 Å². The second-order valence-corrected chi connectivity index (χ2v) is 9.34. The van der Waals surface area contributed by atoms with Crippen LogP contribution < -0.4 is 14.9 Å². The molecule has 1 amide bonds. The number of esters is 1. The zero-order valence-corrected chi connectivity index (χ0v) is 20.9. The molecule has 0 radical (unpaired) electrons. The third-order valence-corrected chi connectivity index (χ3v) is 7.19. The predicted molar refractivity (Wildman–Crippen MR) is 139 cm³/mol. The van der Waals surface area contributed by atoms with Crippen molar-refractivity contribution in [2.75, 3.05) is 7.11 Å². The molecule has 1 N–H and O–H groups in total. The summed E-state index contributed by atoms with van der Waals surface area (Å²) in [5, 5.41) is 5.11. The van der Waals surface area contributed by atoms with Crippen LogP contribution in [0.1, 0.15) is 25.6 Å². The molecule has 0 bridgehead atoms. The Kier molecular flexibility index (Phi) is 7.26. The maximum Gasteiger partial charge on any atom is 0.355 e. The molecule has 0 spiro atoms. The molecule has 0 unspecified atom stereocenters. The predicted octanol–water partition coefficient (Wildman–Crippen LogP) is 6.15. The average Bonchev–Trinajstić information content (AvgIpc) is 3.16. The number of hydrogen-bond acceptors (Lipinski definition) is 6. The van der Waals surface area contributed by atoms with E-state index in [0.717, 1.165) is 19.2 Å². The molecule has 1 aromatic heterocycles. The van der Waals surface area contributed by atoms with Crippen molar-refractivity contribution in [2.24, 2.45) is 5.10 Å². The van der Waals surface area contributed by atoms with E-state index in [1.807, 2.05) is 24.3 Å². The Balaban J connectivity index is 1.40. The maximum atomic E-state index is 12.7. The summed E-state index contributed by atoms with van der Waals surface area (Å²) in [6.07, 6.45) is 1.51. The lowest BCUT2D eigenvalue weighted by Gasteiger charge is -2.04. The van der Waals surface area contributed by atoms with Gasteiger partial charge in [0.05, 0.1) is 23.9 Å². The van der Waals surface area contributed by atoms with Crippen molar-refractivity contribution in [2.45, 2.75) is 0 Å². The third kappa shape index (κ3) is 5.35. The first-order valence-electron chi connectivity index (χ1n) is 9.62. The number of fused-ring (bicyclic) bond motifs is 1. The van der Waals surface area contributed by atoms with Gasteiger partial charge in [-0.15, -0.1) is 11.3 Å². The van der Waals surface area contributed by atoms with Crippen molar-refractivity contribution in [3.8, 4) is 11.5 Å². The molecule has 0 saturated heterocycles. The standard InChI is InChI=1S/C24H16ClIN2O4S/c1-31-16-10-11-18-20(12-16)33-22(21(18)25)24(30)32-15-8-6-14(7-9-15)13-27-28-23(29)17-4-2-3-5-19(17)26/h2-13H,1H3,(H,28,29)/b27-13-. The molecule has 4 rings (SSSR count). The molecule has 0 fully saturated rings. The highest BCUT2D eigenvalue weighted by atomic mass is 127. The first-order chi connectivity index (χ1) is 16.0. The zero-order valence-electron chi connectivity index (χ0n) is 17.2. The molecule has 4 aromatic rings. The van der Waals surface area contributed by atoms with Crippen molar-refractivity contribution in [1.82, 2.24) is 5.43 Å². The minimum atomic E-state index is -0.536. The van der Waals surface area contributed by atoms with Crippen molar-refractivity contribution in [3.63, 3.8) is 0 Å². The summed E-state index contributed by atoms with van der Waals surface area (Å²) in [4.78, 5) is 25.2. The number of nitrogens with zero attached hydrogens (tertiary/aromatic N) is 1. The van der Waals surface area contributed by atoms with Gasteiger partial charge in [0.25, 0.3) is 5.91 Å². The topological polar surface area (TPSA) is 77.0 Å². The fraction of sp³-hybridized carbons (Fsp3) is 0.0417. The number of carbonyl (C=O) groups excluding carboxylic acids is 2. The van der Waals surface area contributed by atoms with Crippen LogP contribution in [0.25, 0.3) is 10.1 Å². The number of hydrazone groups is 1. The SMILES string of the molecule is COc1ccc2c(Cl)c(C(=O)Oc3ccc(/C=N\NC(=O)c4ccccc4I)cc3)sc2c1. The summed E-state index contributed by atoms with van der Waals surface area (Å²) in [5.41, 5.74) is 3.78. The highest BCUT2D eigenvalue weighted by Crippen LogP contribution is 2.37. The minimum absolute atomic E-state index is 0.292. The number of carbonyl (C=O) groups is 2. The second kappa shape index (κ2) is 10.3. The maximum absolute atomic E-state index is 12.7. The van der Waals surface area contributed by atoms with Crippen LogP contribution in [0, 0.1) is 3.57 Å². The normalized spacial score (nSPS) is 11.0. The van der Waals surface area contributed by atoms with Gasteiger partial charge in [-0.25, -0.2) is 10.2 Å². The summed E-state index contributed by atoms with van der Waals surface area (Å²) in [5.74, 6) is 0.226. The Bertz CT molecular complexity index is 1370. The summed E-state index contributed by atoms with van der Waals surface area (Å²) < 4.78 is 12.4. The second-order valence-electron chi connectivity index (χ2n) is 6.74. The van der Waals surface area contributed by atoms with E-state index in [1.54, 1.807) is 49.6 Å². The van der Waals surface area contributed by atoms with Crippen molar-refractivity contribution >= 4 is 73.7 Å². The lowest BCUT2D eigenvalue weighted by molar-refractivity contribution is 0.0739. The zero-order chi connectivity index (χ0) is 23.4. The van der Waals surface area contributed by atoms with Crippen LogP contribution >= 0.6 is 45.5 Å². The van der Waals surface area contributed by atoms with Gasteiger partial charge in [-0.2, -0.15) is 5.10 Å². The number of ether oxygens (including phenoxy) is 2. The van der Waals surface area contributed by atoms with E-state index in [9.17, 15) is 9.59 Å². The lowest BCUT2D eigenvalue weighted by Crippen LogP contribution is -2.18. The molecular formula is C24H16ClIN2O4S. The number of thiophene rings is 1. The number of nitrogens with one attached hydrogen (secondary N) is 1. The Morgan fingerprint density at radius 3 is 2.52 bits per heavy atom. The van der Waals surface area contributed by atoms with Crippen LogP contribution in [-0.4, -0.2) is 25.2 Å². The summed E-state index contributed by atoms with van der Waals surface area (Å²) >= 11 is 9.74. The average molecular weight is 591 g/mol. The quantitative estimate of drug-likeness (QED) is 0.0961. The molecular weight excluding hydrogens is 575 g/mol. The van der Waals surface area contributed by atoms with Gasteiger partial charge < -0.3 is 9.47 Å². The van der Waals surface area contributed by atoms with Crippen molar-refractivity contribution in [3.05, 3.63) is 91.3 Å². The Hall–Kier alpha value is -2.95. The van der Waals surface area contributed by atoms with Crippen LogP contribution in [0.15, 0.2) is 71.8 Å². The van der Waals surface area contributed by atoms with Crippen LogP contribution in [-0.2, 0) is 0 Å². The smallest absolute Gasteiger partial charge is 0.355 e. The number of rotatable bonds is 6. The van der Waals surface area contributed by atoms with Crippen molar-refractivity contribution < 1.29 is 19.1 Å². The summed E-state index contributed by atoms with van der Waals surface area (Å²) in [7, 11) is 1.58. The monoisotopic (exact) mass is 590 g/mol. The van der Waals surface area contributed by atoms with Gasteiger partial charge in [-0.3, -0.25) is 4.79 Å². The van der Waals surface area contributed by atoms with Gasteiger partial charge in [0.1, 0.15) is 16.4 Å². The van der Waals surface area contributed by atoms with Crippen LogP contribution in [0.4, 0.5) is 0 Å². The Morgan fingerprint density at radius 1 is 1.06 bits per heavy atom. The fourth-order valence-corrected chi connectivity index (χ4v) is 5.00. The van der Waals surface area contributed by atoms with Gasteiger partial charge in [-0.05, 0) is 82.8 Å². The molecule has 3 aromatic carbocycles. The van der Waals surface area contributed by atoms with E-state index in [0.29, 0.717) is 27.0 Å². The number of amides is 1. The molecule has 33 heavy (non-hydrogen) atoms. The third-order valence-electron chi connectivity index (χ3n) is 4.61. The van der Waals surface area contributed by atoms with E-state index < -0.39 is 5.97 Å². The number of halogens is 2. The highest BCUT2D eigenvalue weighted by molar-refractivity contribution is 14.1. The van der Waals surface area contributed by atoms with Crippen LogP contribution in [0.2, 0.25) is 5.02 Å². The molecule has 9 heteroatoms. The molecule has 1 heterocycles. The van der Waals surface area contributed by atoms with E-state index >= 15 is 0 Å². The summed E-state index contributed by atoms with van der Waals surface area (Å²) in [6.45, 7) is 0. The van der Waals surface area contributed by atoms with Gasteiger partial charge in [0.15, 0.2) is 0 Å². The van der Waals surface area contributed by atoms with E-state index in [1.165, 1.54) is 17.6 Å². The minimum Gasteiger partial charge on any atom is -0.497 e. The molecule has 0 aliphatic rings. The van der Waals surface area contributed by atoms with Crippen LogP contribution in [0.3, 0.4) is 0 Å². The van der Waals surface area contributed by atoms with Gasteiger partial charge >= 0.3 is 5.97 Å². The fourth-order valence-electron chi connectivity index (χ4n) is 2.95. The highest BCUT2D eigenvalue weighted by Gasteiger charge is 2.19. The van der Waals surface area contributed by atoms with Gasteiger partial charge in [0, 0.05) is 13.7 Å².